The zero-order chi connectivity index (χ0) is 6.55. The number of hydrogen-bond donors (Lipinski definition) is 0. The molecule has 1 unspecified atom stereocenters. The molecule has 10 heavy (non-hydrogen) atoms. The molecule has 1 aliphatic carbocycles. The lowest BCUT2D eigenvalue weighted by Crippen LogP contribution is -2.17. The number of rotatable bonds is 1. The summed E-state index contributed by atoms with van der Waals surface area (Å²) in [5, 5.41) is 0. The lowest BCUT2D eigenvalue weighted by molar-refractivity contribution is 0.279. The van der Waals surface area contributed by atoms with Gasteiger partial charge in [0.25, 0.3) is 0 Å². The van der Waals surface area contributed by atoms with E-state index < -0.39 is 0 Å². The van der Waals surface area contributed by atoms with Gasteiger partial charge >= 0.3 is 0 Å². The molecule has 2 nitrogen and oxygen atoms in total. The average molecular weight is 140 g/mol. The average Bonchev–Trinajstić information content (AvgIpc) is 2.83. The van der Waals surface area contributed by atoms with Gasteiger partial charge in [0.15, 0.2) is 0 Å². The second-order valence-electron chi connectivity index (χ2n) is 3.66. The molecule has 56 valence electrons. The van der Waals surface area contributed by atoms with Crippen LogP contribution in [0.15, 0.2) is 0 Å². The van der Waals surface area contributed by atoms with E-state index in [0.717, 1.165) is 12.5 Å². The maximum atomic E-state index is 5.43. The smallest absolute Gasteiger partial charge is 0.0845 e. The van der Waals surface area contributed by atoms with Crippen molar-refractivity contribution in [3.05, 3.63) is 0 Å². The minimum atomic E-state index is 0.616. The fourth-order valence-electron chi connectivity index (χ4n) is 2.10. The zero-order valence-corrected chi connectivity index (χ0v) is 5.95. The van der Waals surface area contributed by atoms with E-state index in [1.807, 2.05) is 0 Å². The molecule has 3 aliphatic rings. The first-order valence-corrected chi connectivity index (χ1v) is 4.20. The maximum Gasteiger partial charge on any atom is 0.0845 e. The summed E-state index contributed by atoms with van der Waals surface area (Å²) in [6.45, 7) is 1.02. The van der Waals surface area contributed by atoms with Crippen molar-refractivity contribution < 1.29 is 9.47 Å². The molecule has 2 heterocycles. The third-order valence-electron chi connectivity index (χ3n) is 2.93. The first-order chi connectivity index (χ1) is 4.93. The molecule has 0 bridgehead atoms. The van der Waals surface area contributed by atoms with Crippen molar-refractivity contribution in [2.24, 2.45) is 5.92 Å². The lowest BCUT2D eigenvalue weighted by atomic mass is 9.87. The highest BCUT2D eigenvalue weighted by Gasteiger charge is 2.48. The van der Waals surface area contributed by atoms with Crippen LogP contribution >= 0.6 is 0 Å². The van der Waals surface area contributed by atoms with E-state index in [1.165, 1.54) is 19.3 Å². The summed E-state index contributed by atoms with van der Waals surface area (Å²) in [4.78, 5) is 0. The molecular formula is C8H12O2. The van der Waals surface area contributed by atoms with Crippen LogP contribution in [0.1, 0.15) is 19.3 Å². The standard InChI is InChI=1S/C8H12O2/c1-2-6-7(10-6)3-5(1)8-4-9-8/h5-8H,1-4H2/t5?,6-,7+,8+/m0/s1. The Balaban J connectivity index is 1.65. The van der Waals surface area contributed by atoms with Crippen LogP contribution < -0.4 is 0 Å². The van der Waals surface area contributed by atoms with Crippen LogP contribution in [0, 0.1) is 5.92 Å². The van der Waals surface area contributed by atoms with Gasteiger partial charge in [0.05, 0.1) is 24.9 Å². The van der Waals surface area contributed by atoms with Gasteiger partial charge in [-0.3, -0.25) is 0 Å². The van der Waals surface area contributed by atoms with Crippen LogP contribution in [0.3, 0.4) is 0 Å². The summed E-state index contributed by atoms with van der Waals surface area (Å²) < 4.78 is 10.7. The number of epoxide rings is 2. The Kier molecular flexibility index (Phi) is 0.968. The molecule has 0 N–H and O–H groups in total. The summed E-state index contributed by atoms with van der Waals surface area (Å²) >= 11 is 0. The molecule has 0 amide bonds. The Bertz CT molecular complexity index is 153. The van der Waals surface area contributed by atoms with Crippen molar-refractivity contribution in [2.75, 3.05) is 6.61 Å². The van der Waals surface area contributed by atoms with E-state index in [-0.39, 0.29) is 0 Å². The fraction of sp³-hybridized carbons (Fsp3) is 1.00. The number of fused-ring (bicyclic) bond motifs is 1. The molecule has 3 fully saturated rings. The van der Waals surface area contributed by atoms with E-state index in [1.54, 1.807) is 0 Å². The van der Waals surface area contributed by atoms with Crippen molar-refractivity contribution in [3.63, 3.8) is 0 Å². The highest BCUT2D eigenvalue weighted by Crippen LogP contribution is 2.43. The van der Waals surface area contributed by atoms with Gasteiger partial charge in [0.1, 0.15) is 0 Å². The molecule has 2 aliphatic heterocycles. The second kappa shape index (κ2) is 1.74. The van der Waals surface area contributed by atoms with Gasteiger partial charge in [0.2, 0.25) is 0 Å². The van der Waals surface area contributed by atoms with Gasteiger partial charge in [0, 0.05) is 0 Å². The SMILES string of the molecule is C1C[C@@H]2O[C@@H]2CC1[C@H]1CO1. The number of hydrogen-bond acceptors (Lipinski definition) is 2. The molecule has 0 spiro atoms. The van der Waals surface area contributed by atoms with Crippen LogP contribution in [-0.4, -0.2) is 24.9 Å². The molecule has 0 aromatic heterocycles. The van der Waals surface area contributed by atoms with Gasteiger partial charge in [-0.15, -0.1) is 0 Å². The summed E-state index contributed by atoms with van der Waals surface area (Å²) in [6, 6.07) is 0. The first-order valence-electron chi connectivity index (χ1n) is 4.20. The van der Waals surface area contributed by atoms with Crippen molar-refractivity contribution in [3.8, 4) is 0 Å². The Morgan fingerprint density at radius 1 is 1.00 bits per heavy atom. The monoisotopic (exact) mass is 140 g/mol. The molecule has 2 heteroatoms. The van der Waals surface area contributed by atoms with Crippen molar-refractivity contribution >= 4 is 0 Å². The maximum absolute atomic E-state index is 5.43. The molecular weight excluding hydrogens is 128 g/mol. The van der Waals surface area contributed by atoms with Crippen LogP contribution in [0.25, 0.3) is 0 Å². The second-order valence-corrected chi connectivity index (χ2v) is 3.66. The van der Waals surface area contributed by atoms with Gasteiger partial charge in [-0.25, -0.2) is 0 Å². The molecule has 0 aromatic rings. The fourth-order valence-corrected chi connectivity index (χ4v) is 2.10. The summed E-state index contributed by atoms with van der Waals surface area (Å²) in [6.07, 6.45) is 5.79. The molecule has 2 saturated heterocycles. The highest BCUT2D eigenvalue weighted by molar-refractivity contribution is 4.96. The van der Waals surface area contributed by atoms with Gasteiger partial charge in [-0.2, -0.15) is 0 Å². The lowest BCUT2D eigenvalue weighted by Gasteiger charge is -2.15. The van der Waals surface area contributed by atoms with Crippen LogP contribution in [0.2, 0.25) is 0 Å². The predicted molar refractivity (Wildman–Crippen MR) is 35.7 cm³/mol. The third-order valence-corrected chi connectivity index (χ3v) is 2.93. The van der Waals surface area contributed by atoms with Crippen LogP contribution in [0.4, 0.5) is 0 Å². The van der Waals surface area contributed by atoms with Crippen molar-refractivity contribution in [1.82, 2.24) is 0 Å². The van der Waals surface area contributed by atoms with Gasteiger partial charge < -0.3 is 9.47 Å². The topological polar surface area (TPSA) is 25.1 Å². The first kappa shape index (κ1) is 5.56. The van der Waals surface area contributed by atoms with Crippen LogP contribution in [0.5, 0.6) is 0 Å². The van der Waals surface area contributed by atoms with Crippen molar-refractivity contribution in [2.45, 2.75) is 37.6 Å². The summed E-state index contributed by atoms with van der Waals surface area (Å²) in [5.41, 5.74) is 0. The van der Waals surface area contributed by atoms with Crippen LogP contribution in [-0.2, 0) is 9.47 Å². The zero-order valence-electron chi connectivity index (χ0n) is 5.95. The number of ether oxygens (including phenoxy) is 2. The minimum absolute atomic E-state index is 0.616. The Morgan fingerprint density at radius 3 is 2.60 bits per heavy atom. The Hall–Kier alpha value is -0.0800. The van der Waals surface area contributed by atoms with E-state index in [4.69, 9.17) is 9.47 Å². The van der Waals surface area contributed by atoms with E-state index >= 15 is 0 Å². The predicted octanol–water partition coefficient (Wildman–Crippen LogP) is 0.953. The summed E-state index contributed by atoms with van der Waals surface area (Å²) in [5.74, 6) is 0.837. The van der Waals surface area contributed by atoms with Gasteiger partial charge in [-0.05, 0) is 25.2 Å². The minimum Gasteiger partial charge on any atom is -0.373 e. The molecule has 0 aromatic carbocycles. The third kappa shape index (κ3) is 0.789. The molecule has 0 radical (unpaired) electrons. The van der Waals surface area contributed by atoms with E-state index in [9.17, 15) is 0 Å². The van der Waals surface area contributed by atoms with E-state index in [2.05, 4.69) is 0 Å². The largest absolute Gasteiger partial charge is 0.373 e. The van der Waals surface area contributed by atoms with Crippen molar-refractivity contribution in [1.29, 1.82) is 0 Å². The van der Waals surface area contributed by atoms with E-state index in [0.29, 0.717) is 18.3 Å². The molecule has 4 atom stereocenters. The molecule has 3 rings (SSSR count). The normalized spacial score (nSPS) is 57.6. The Morgan fingerprint density at radius 2 is 1.90 bits per heavy atom. The summed E-state index contributed by atoms with van der Waals surface area (Å²) in [7, 11) is 0. The molecule has 1 saturated carbocycles. The Labute approximate surface area is 60.5 Å². The van der Waals surface area contributed by atoms with Gasteiger partial charge in [-0.1, -0.05) is 0 Å². The quantitative estimate of drug-likeness (QED) is 0.507. The highest BCUT2D eigenvalue weighted by atomic mass is 16.6.